The maximum Gasteiger partial charge on any atom is 0.200 e. The van der Waals surface area contributed by atoms with Crippen molar-refractivity contribution in [3.63, 3.8) is 0 Å². The average Bonchev–Trinajstić information content (AvgIpc) is 2.50. The van der Waals surface area contributed by atoms with Crippen molar-refractivity contribution in [2.24, 2.45) is 0 Å². The van der Waals surface area contributed by atoms with E-state index in [0.29, 0.717) is 11.5 Å². The Morgan fingerprint density at radius 2 is 1.68 bits per heavy atom. The van der Waals surface area contributed by atoms with Gasteiger partial charge < -0.3 is 19.9 Å². The predicted octanol–water partition coefficient (Wildman–Crippen LogP) is 2.39. The number of nitrogens with zero attached hydrogens (tertiary/aromatic N) is 1. The molecule has 1 aromatic carbocycles. The number of benzene rings is 1. The molecule has 0 bridgehead atoms. The molecule has 0 unspecified atom stereocenters. The van der Waals surface area contributed by atoms with Crippen LogP contribution in [0.15, 0.2) is 24.8 Å². The standard InChI is InChI=1S/C15H22N2O3.2ClH/c1-4-12(17-7-5-16-6-8-17)11-9-13(19-2)15(18)14(10-11)20-3;;/h4,9-10,12,16,18H,1,5-8H2,2-3H3;2*1H/t12-;;/m0../s1. The van der Waals surface area contributed by atoms with Gasteiger partial charge in [0.15, 0.2) is 11.5 Å². The van der Waals surface area contributed by atoms with Gasteiger partial charge in [0.25, 0.3) is 0 Å². The van der Waals surface area contributed by atoms with Gasteiger partial charge in [-0.3, -0.25) is 4.90 Å². The summed E-state index contributed by atoms with van der Waals surface area (Å²) in [4.78, 5) is 2.34. The quantitative estimate of drug-likeness (QED) is 0.798. The number of hydrogen-bond donors (Lipinski definition) is 2. The third-order valence-electron chi connectivity index (χ3n) is 3.61. The summed E-state index contributed by atoms with van der Waals surface area (Å²) in [6, 6.07) is 3.76. The molecule has 0 amide bonds. The van der Waals surface area contributed by atoms with Gasteiger partial charge in [-0.15, -0.1) is 31.4 Å². The van der Waals surface area contributed by atoms with Crippen LogP contribution in [-0.2, 0) is 0 Å². The number of rotatable bonds is 5. The summed E-state index contributed by atoms with van der Waals surface area (Å²) in [6.45, 7) is 7.80. The zero-order valence-corrected chi connectivity index (χ0v) is 14.5. The molecule has 22 heavy (non-hydrogen) atoms. The maximum atomic E-state index is 9.98. The Bertz CT molecular complexity index is 455. The number of nitrogens with one attached hydrogen (secondary N) is 1. The Balaban J connectivity index is 0.00000220. The molecule has 0 radical (unpaired) electrons. The number of piperazine rings is 1. The Morgan fingerprint density at radius 1 is 1.18 bits per heavy atom. The van der Waals surface area contributed by atoms with E-state index in [0.717, 1.165) is 31.7 Å². The zero-order valence-electron chi connectivity index (χ0n) is 12.9. The molecule has 0 aliphatic carbocycles. The molecule has 1 saturated heterocycles. The van der Waals surface area contributed by atoms with Crippen LogP contribution in [0, 0.1) is 0 Å². The van der Waals surface area contributed by atoms with E-state index in [1.54, 1.807) is 0 Å². The van der Waals surface area contributed by atoms with Crippen LogP contribution in [0.1, 0.15) is 11.6 Å². The van der Waals surface area contributed by atoms with Crippen molar-refractivity contribution < 1.29 is 14.6 Å². The molecule has 5 nitrogen and oxygen atoms in total. The Morgan fingerprint density at radius 3 is 2.09 bits per heavy atom. The number of aromatic hydroxyl groups is 1. The van der Waals surface area contributed by atoms with E-state index in [9.17, 15) is 5.11 Å². The Labute approximate surface area is 144 Å². The number of phenolic OH excluding ortho intramolecular Hbond substituents is 1. The molecule has 0 saturated carbocycles. The summed E-state index contributed by atoms with van der Waals surface area (Å²) in [5.74, 6) is 0.865. The van der Waals surface area contributed by atoms with E-state index < -0.39 is 0 Å². The topological polar surface area (TPSA) is 54.0 Å². The summed E-state index contributed by atoms with van der Waals surface area (Å²) >= 11 is 0. The number of halogens is 2. The second kappa shape index (κ2) is 9.79. The molecule has 1 heterocycles. The molecule has 1 aliphatic rings. The number of phenols is 1. The van der Waals surface area contributed by atoms with Gasteiger partial charge in [0.1, 0.15) is 0 Å². The summed E-state index contributed by atoms with van der Waals surface area (Å²) in [6.07, 6.45) is 1.91. The second-order valence-electron chi connectivity index (χ2n) is 4.74. The molecule has 2 rings (SSSR count). The predicted molar refractivity (Wildman–Crippen MR) is 93.1 cm³/mol. The minimum atomic E-state index is 0. The molecule has 1 fully saturated rings. The molecule has 0 aromatic heterocycles. The molecule has 7 heteroatoms. The van der Waals surface area contributed by atoms with Crippen LogP contribution < -0.4 is 14.8 Å². The van der Waals surface area contributed by atoms with Crippen LogP contribution in [0.2, 0.25) is 0 Å². The lowest BCUT2D eigenvalue weighted by Gasteiger charge is -2.33. The normalized spacial score (nSPS) is 15.9. The smallest absolute Gasteiger partial charge is 0.200 e. The van der Waals surface area contributed by atoms with Crippen molar-refractivity contribution in [3.8, 4) is 17.2 Å². The Hall–Kier alpha value is -1.14. The van der Waals surface area contributed by atoms with Crippen LogP contribution in [0.3, 0.4) is 0 Å². The molecule has 1 atom stereocenters. The van der Waals surface area contributed by atoms with Gasteiger partial charge in [0.05, 0.1) is 20.3 Å². The van der Waals surface area contributed by atoms with E-state index in [2.05, 4.69) is 16.8 Å². The highest BCUT2D eigenvalue weighted by atomic mass is 35.5. The van der Waals surface area contributed by atoms with E-state index in [-0.39, 0.29) is 36.6 Å². The van der Waals surface area contributed by atoms with Crippen molar-refractivity contribution in [2.75, 3.05) is 40.4 Å². The number of methoxy groups -OCH3 is 2. The van der Waals surface area contributed by atoms with Crippen LogP contribution in [-0.4, -0.2) is 50.4 Å². The first-order valence-electron chi connectivity index (χ1n) is 6.73. The van der Waals surface area contributed by atoms with Crippen LogP contribution in [0.5, 0.6) is 17.2 Å². The molecular formula is C15H24Cl2N2O3. The Kier molecular flexibility index (Phi) is 9.28. The van der Waals surface area contributed by atoms with E-state index in [1.165, 1.54) is 14.2 Å². The maximum absolute atomic E-state index is 9.98. The summed E-state index contributed by atoms with van der Waals surface area (Å²) < 4.78 is 10.4. The van der Waals surface area contributed by atoms with Gasteiger partial charge in [-0.05, 0) is 17.7 Å². The summed E-state index contributed by atoms with van der Waals surface area (Å²) in [5, 5.41) is 13.3. The van der Waals surface area contributed by atoms with Crippen molar-refractivity contribution >= 4 is 24.8 Å². The molecule has 126 valence electrons. The zero-order chi connectivity index (χ0) is 14.5. The SMILES string of the molecule is C=C[C@@H](c1cc(OC)c(O)c(OC)c1)N1CCNCC1.Cl.Cl. The lowest BCUT2D eigenvalue weighted by atomic mass is 10.0. The first-order chi connectivity index (χ1) is 9.71. The van der Waals surface area contributed by atoms with E-state index >= 15 is 0 Å². The van der Waals surface area contributed by atoms with E-state index in [4.69, 9.17) is 9.47 Å². The molecule has 1 aliphatic heterocycles. The number of ether oxygens (including phenoxy) is 2. The van der Waals surface area contributed by atoms with Crippen LogP contribution in [0.25, 0.3) is 0 Å². The fourth-order valence-corrected chi connectivity index (χ4v) is 2.54. The van der Waals surface area contributed by atoms with Crippen molar-refractivity contribution in [3.05, 3.63) is 30.4 Å². The molecule has 2 N–H and O–H groups in total. The minimum Gasteiger partial charge on any atom is -0.502 e. The summed E-state index contributed by atoms with van der Waals surface area (Å²) in [7, 11) is 3.07. The van der Waals surface area contributed by atoms with Crippen LogP contribution >= 0.6 is 24.8 Å². The molecule has 1 aromatic rings. The van der Waals surface area contributed by atoms with Crippen molar-refractivity contribution in [1.82, 2.24) is 10.2 Å². The van der Waals surface area contributed by atoms with Gasteiger partial charge in [-0.2, -0.15) is 0 Å². The largest absolute Gasteiger partial charge is 0.502 e. The highest BCUT2D eigenvalue weighted by molar-refractivity contribution is 5.85. The monoisotopic (exact) mass is 350 g/mol. The first kappa shape index (κ1) is 20.9. The number of hydrogen-bond acceptors (Lipinski definition) is 5. The van der Waals surface area contributed by atoms with Crippen LogP contribution in [0.4, 0.5) is 0 Å². The average molecular weight is 351 g/mol. The van der Waals surface area contributed by atoms with Crippen molar-refractivity contribution in [1.29, 1.82) is 0 Å². The lowest BCUT2D eigenvalue weighted by Crippen LogP contribution is -2.44. The highest BCUT2D eigenvalue weighted by Crippen LogP contribution is 2.39. The van der Waals surface area contributed by atoms with Gasteiger partial charge in [-0.25, -0.2) is 0 Å². The highest BCUT2D eigenvalue weighted by Gasteiger charge is 2.22. The fraction of sp³-hybridized carbons (Fsp3) is 0.467. The lowest BCUT2D eigenvalue weighted by molar-refractivity contribution is 0.202. The minimum absolute atomic E-state index is 0. The third-order valence-corrected chi connectivity index (χ3v) is 3.61. The van der Waals surface area contributed by atoms with Gasteiger partial charge in [0, 0.05) is 26.2 Å². The van der Waals surface area contributed by atoms with Gasteiger partial charge >= 0.3 is 0 Å². The van der Waals surface area contributed by atoms with Gasteiger partial charge in [-0.1, -0.05) is 6.08 Å². The second-order valence-corrected chi connectivity index (χ2v) is 4.74. The molecular weight excluding hydrogens is 327 g/mol. The third kappa shape index (κ3) is 4.43. The van der Waals surface area contributed by atoms with Gasteiger partial charge in [0.2, 0.25) is 5.75 Å². The fourth-order valence-electron chi connectivity index (χ4n) is 2.54. The van der Waals surface area contributed by atoms with E-state index in [1.807, 2.05) is 18.2 Å². The first-order valence-corrected chi connectivity index (χ1v) is 6.73. The summed E-state index contributed by atoms with van der Waals surface area (Å²) in [5.41, 5.74) is 1.01. The van der Waals surface area contributed by atoms with Crippen molar-refractivity contribution in [2.45, 2.75) is 6.04 Å². The molecule has 0 spiro atoms.